The van der Waals surface area contributed by atoms with E-state index >= 15 is 0 Å². The van der Waals surface area contributed by atoms with Gasteiger partial charge < -0.3 is 10.1 Å². The van der Waals surface area contributed by atoms with Crippen LogP contribution < -0.4 is 10.6 Å². The number of carbonyl (C=O) groups excluding carboxylic acids is 2. The van der Waals surface area contributed by atoms with E-state index in [2.05, 4.69) is 15.7 Å². The van der Waals surface area contributed by atoms with E-state index in [0.717, 1.165) is 37.7 Å². The number of halogens is 1. The minimum Gasteiger partial charge on any atom is -0.462 e. The highest BCUT2D eigenvalue weighted by atomic mass is 35.5. The number of aromatic nitrogens is 2. The molecule has 156 valence electrons. The highest BCUT2D eigenvalue weighted by Gasteiger charge is 2.27. The smallest absolute Gasteiger partial charge is 0.341 e. The van der Waals surface area contributed by atoms with E-state index in [4.69, 9.17) is 28.6 Å². The molecule has 0 radical (unpaired) electrons. The van der Waals surface area contributed by atoms with Gasteiger partial charge in [-0.15, -0.1) is 11.3 Å². The van der Waals surface area contributed by atoms with Gasteiger partial charge in [-0.2, -0.15) is 5.10 Å². The van der Waals surface area contributed by atoms with Crippen LogP contribution in [-0.4, -0.2) is 33.4 Å². The SMILES string of the molecule is CCOC(=O)c1c(NC(=S)NC(=O)c2c(Cl)c(C)nn2C)sc2c1CCCCC2. The van der Waals surface area contributed by atoms with Crippen molar-refractivity contribution in [3.63, 3.8) is 0 Å². The molecule has 1 aliphatic rings. The van der Waals surface area contributed by atoms with E-state index in [-0.39, 0.29) is 21.8 Å². The summed E-state index contributed by atoms with van der Waals surface area (Å²) >= 11 is 13.0. The molecule has 2 heterocycles. The van der Waals surface area contributed by atoms with Crippen molar-refractivity contribution in [3.05, 3.63) is 32.4 Å². The molecule has 0 aliphatic heterocycles. The molecule has 10 heteroatoms. The highest BCUT2D eigenvalue weighted by molar-refractivity contribution is 7.80. The number of hydrogen-bond donors (Lipinski definition) is 2. The molecule has 0 unspecified atom stereocenters. The van der Waals surface area contributed by atoms with Crippen molar-refractivity contribution in [2.75, 3.05) is 11.9 Å². The standard InChI is InChI=1S/C19H23ClN4O3S2/c1-4-27-18(26)13-11-8-6-5-7-9-12(11)29-17(13)22-19(28)21-16(25)15-14(20)10(2)23-24(15)3/h4-9H2,1-3H3,(H2,21,22,25,28). The molecule has 1 aliphatic carbocycles. The maximum Gasteiger partial charge on any atom is 0.341 e. The summed E-state index contributed by atoms with van der Waals surface area (Å²) in [5.74, 6) is -0.833. The first-order valence-electron chi connectivity index (χ1n) is 9.46. The van der Waals surface area contributed by atoms with Gasteiger partial charge in [-0.1, -0.05) is 18.0 Å². The zero-order chi connectivity index (χ0) is 21.1. The predicted octanol–water partition coefficient (Wildman–Crippen LogP) is 4.02. The number of amides is 1. The Labute approximate surface area is 183 Å². The molecule has 29 heavy (non-hydrogen) atoms. The minimum absolute atomic E-state index is 0.0897. The second-order valence-corrected chi connectivity index (χ2v) is 8.66. The Morgan fingerprint density at radius 1 is 1.31 bits per heavy atom. The number of thiophene rings is 1. The number of nitrogens with one attached hydrogen (secondary N) is 2. The second-order valence-electron chi connectivity index (χ2n) is 6.77. The van der Waals surface area contributed by atoms with Crippen molar-refractivity contribution < 1.29 is 14.3 Å². The molecule has 3 rings (SSSR count). The maximum atomic E-state index is 12.6. The third kappa shape index (κ3) is 4.62. The normalized spacial score (nSPS) is 13.4. The number of carbonyl (C=O) groups is 2. The predicted molar refractivity (Wildman–Crippen MR) is 118 cm³/mol. The van der Waals surface area contributed by atoms with Gasteiger partial charge in [0.15, 0.2) is 5.11 Å². The first-order valence-corrected chi connectivity index (χ1v) is 11.1. The van der Waals surface area contributed by atoms with Crippen LogP contribution in [0.15, 0.2) is 0 Å². The zero-order valence-corrected chi connectivity index (χ0v) is 18.9. The number of nitrogens with zero attached hydrogens (tertiary/aromatic N) is 2. The Morgan fingerprint density at radius 3 is 2.69 bits per heavy atom. The molecule has 0 saturated carbocycles. The molecule has 7 nitrogen and oxygen atoms in total. The topological polar surface area (TPSA) is 85.2 Å². The molecule has 1 amide bonds. The third-order valence-corrected chi connectivity index (χ3v) is 6.58. The fourth-order valence-electron chi connectivity index (χ4n) is 3.43. The van der Waals surface area contributed by atoms with E-state index in [9.17, 15) is 9.59 Å². The van der Waals surface area contributed by atoms with E-state index in [1.165, 1.54) is 20.9 Å². The molecule has 0 fully saturated rings. The lowest BCUT2D eigenvalue weighted by atomic mass is 10.1. The molecule has 0 atom stereocenters. The molecular weight excluding hydrogens is 432 g/mol. The average molecular weight is 455 g/mol. The van der Waals surface area contributed by atoms with Crippen molar-refractivity contribution in [1.82, 2.24) is 15.1 Å². The Morgan fingerprint density at radius 2 is 2.03 bits per heavy atom. The summed E-state index contributed by atoms with van der Waals surface area (Å²) in [6, 6.07) is 0. The van der Waals surface area contributed by atoms with Crippen LogP contribution in [-0.2, 0) is 24.6 Å². The Balaban J connectivity index is 1.82. The lowest BCUT2D eigenvalue weighted by molar-refractivity contribution is 0.0526. The molecule has 0 aromatic carbocycles. The molecule has 2 aromatic rings. The zero-order valence-electron chi connectivity index (χ0n) is 16.6. The Bertz CT molecular complexity index is 967. The van der Waals surface area contributed by atoms with Crippen molar-refractivity contribution >= 4 is 57.1 Å². The van der Waals surface area contributed by atoms with Gasteiger partial charge in [0, 0.05) is 11.9 Å². The Hall–Kier alpha value is -1.97. The number of hydrogen-bond acceptors (Lipinski definition) is 6. The molecular formula is C19H23ClN4O3S2. The lowest BCUT2D eigenvalue weighted by Gasteiger charge is -2.11. The molecule has 0 bridgehead atoms. The van der Waals surface area contributed by atoms with Crippen molar-refractivity contribution in [2.45, 2.75) is 46.0 Å². The molecule has 2 aromatic heterocycles. The van der Waals surface area contributed by atoms with Crippen LogP contribution in [0.3, 0.4) is 0 Å². The van der Waals surface area contributed by atoms with E-state index in [1.807, 2.05) is 0 Å². The number of ether oxygens (including phenoxy) is 1. The van der Waals surface area contributed by atoms with Gasteiger partial charge in [0.1, 0.15) is 10.7 Å². The Kier molecular flexibility index (Phi) is 6.92. The highest BCUT2D eigenvalue weighted by Crippen LogP contribution is 2.38. The van der Waals surface area contributed by atoms with Gasteiger partial charge >= 0.3 is 5.97 Å². The quantitative estimate of drug-likeness (QED) is 0.412. The summed E-state index contributed by atoms with van der Waals surface area (Å²) in [5.41, 5.74) is 2.35. The van der Waals surface area contributed by atoms with Gasteiger partial charge in [0.2, 0.25) is 0 Å². The summed E-state index contributed by atoms with van der Waals surface area (Å²) < 4.78 is 6.68. The number of aryl methyl sites for hydroxylation is 3. The largest absolute Gasteiger partial charge is 0.462 e. The third-order valence-electron chi connectivity index (χ3n) is 4.72. The molecule has 2 N–H and O–H groups in total. The van der Waals surface area contributed by atoms with Gasteiger partial charge in [0.25, 0.3) is 5.91 Å². The fourth-order valence-corrected chi connectivity index (χ4v) is 5.21. The summed E-state index contributed by atoms with van der Waals surface area (Å²) in [6.07, 6.45) is 5.04. The van der Waals surface area contributed by atoms with Crippen molar-refractivity contribution in [2.24, 2.45) is 7.05 Å². The van der Waals surface area contributed by atoms with Crippen molar-refractivity contribution in [3.8, 4) is 0 Å². The summed E-state index contributed by atoms with van der Waals surface area (Å²) in [4.78, 5) is 26.4. The van der Waals surface area contributed by atoms with Crippen LogP contribution in [0.2, 0.25) is 5.02 Å². The summed E-state index contributed by atoms with van der Waals surface area (Å²) in [6.45, 7) is 3.79. The minimum atomic E-state index is -0.466. The van der Waals surface area contributed by atoms with Gasteiger partial charge in [-0.25, -0.2) is 4.79 Å². The number of thiocarbonyl (C=S) groups is 1. The van der Waals surface area contributed by atoms with Crippen molar-refractivity contribution in [1.29, 1.82) is 0 Å². The number of rotatable bonds is 4. The molecule has 0 spiro atoms. The van der Waals surface area contributed by atoms with Gasteiger partial charge in [-0.3, -0.25) is 14.8 Å². The number of fused-ring (bicyclic) bond motifs is 1. The maximum absolute atomic E-state index is 12.6. The van der Waals surface area contributed by atoms with Gasteiger partial charge in [-0.05, 0) is 57.3 Å². The molecule has 0 saturated heterocycles. The van der Waals surface area contributed by atoms with Crippen LogP contribution in [0.25, 0.3) is 0 Å². The van der Waals surface area contributed by atoms with E-state index < -0.39 is 5.91 Å². The number of anilines is 1. The first-order chi connectivity index (χ1) is 13.8. The van der Waals surface area contributed by atoms with Crippen LogP contribution in [0.1, 0.15) is 63.2 Å². The second kappa shape index (κ2) is 9.23. The van der Waals surface area contributed by atoms with Crippen LogP contribution >= 0.6 is 35.2 Å². The lowest BCUT2D eigenvalue weighted by Crippen LogP contribution is -2.35. The van der Waals surface area contributed by atoms with Crippen LogP contribution in [0, 0.1) is 6.92 Å². The van der Waals surface area contributed by atoms with Crippen LogP contribution in [0.4, 0.5) is 5.00 Å². The number of esters is 1. The van der Waals surface area contributed by atoms with E-state index in [0.29, 0.717) is 22.9 Å². The van der Waals surface area contributed by atoms with Gasteiger partial charge in [0.05, 0.1) is 22.9 Å². The first kappa shape index (κ1) is 21.7. The summed E-state index contributed by atoms with van der Waals surface area (Å²) in [5, 5.41) is 10.7. The average Bonchev–Trinajstić information content (AvgIpc) is 2.99. The van der Waals surface area contributed by atoms with E-state index in [1.54, 1.807) is 20.9 Å². The summed E-state index contributed by atoms with van der Waals surface area (Å²) in [7, 11) is 1.64. The van der Waals surface area contributed by atoms with Crippen LogP contribution in [0.5, 0.6) is 0 Å². The monoisotopic (exact) mass is 454 g/mol. The fraction of sp³-hybridized carbons (Fsp3) is 0.474.